The maximum absolute atomic E-state index is 10.6. The third kappa shape index (κ3) is 3.17. The Morgan fingerprint density at radius 1 is 1.25 bits per heavy atom. The minimum Gasteiger partial charge on any atom is -0.497 e. The zero-order valence-corrected chi connectivity index (χ0v) is 10.9. The lowest BCUT2D eigenvalue weighted by Gasteiger charge is -2.09. The van der Waals surface area contributed by atoms with Gasteiger partial charge in [-0.25, -0.2) is 0 Å². The van der Waals surface area contributed by atoms with Gasteiger partial charge in [-0.2, -0.15) is 0 Å². The monoisotopic (exact) mass is 274 g/mol. The van der Waals surface area contributed by atoms with Crippen LogP contribution in [0.5, 0.6) is 11.5 Å². The Morgan fingerprint density at radius 2 is 2.05 bits per heavy atom. The molecule has 0 radical (unpaired) electrons. The van der Waals surface area contributed by atoms with Crippen molar-refractivity contribution >= 4 is 11.4 Å². The first-order valence-electron chi connectivity index (χ1n) is 5.90. The number of nitro benzene ring substituents is 1. The van der Waals surface area contributed by atoms with Gasteiger partial charge in [-0.15, -0.1) is 0 Å². The van der Waals surface area contributed by atoms with E-state index in [1.165, 1.54) is 18.2 Å². The second-order valence-electron chi connectivity index (χ2n) is 4.12. The Bertz CT molecular complexity index is 628. The van der Waals surface area contributed by atoms with Crippen molar-refractivity contribution in [1.82, 2.24) is 0 Å². The standard InChI is InChI=1S/C14H14N2O4/c1-19-12-4-2-3-10(7-12)9-20-14-6-5-11(16(17)18)8-13(14)15/h2-8H,9,15H2,1H3. The van der Waals surface area contributed by atoms with Gasteiger partial charge in [0.2, 0.25) is 0 Å². The summed E-state index contributed by atoms with van der Waals surface area (Å²) in [5.74, 6) is 1.15. The zero-order chi connectivity index (χ0) is 14.5. The Kier molecular flexibility index (Phi) is 4.05. The Labute approximate surface area is 115 Å². The summed E-state index contributed by atoms with van der Waals surface area (Å²) in [6.07, 6.45) is 0. The van der Waals surface area contributed by atoms with Crippen molar-refractivity contribution < 1.29 is 14.4 Å². The first-order chi connectivity index (χ1) is 9.60. The van der Waals surface area contributed by atoms with Crippen molar-refractivity contribution in [2.75, 3.05) is 12.8 Å². The van der Waals surface area contributed by atoms with E-state index < -0.39 is 4.92 Å². The lowest BCUT2D eigenvalue weighted by atomic mass is 10.2. The number of benzene rings is 2. The fraction of sp³-hybridized carbons (Fsp3) is 0.143. The largest absolute Gasteiger partial charge is 0.497 e. The normalized spacial score (nSPS) is 10.1. The number of nitrogens with zero attached hydrogens (tertiary/aromatic N) is 1. The van der Waals surface area contributed by atoms with E-state index in [0.717, 1.165) is 11.3 Å². The van der Waals surface area contributed by atoms with Gasteiger partial charge < -0.3 is 15.2 Å². The number of non-ortho nitro benzene ring substituents is 1. The molecule has 20 heavy (non-hydrogen) atoms. The number of ether oxygens (including phenoxy) is 2. The molecule has 0 saturated heterocycles. The van der Waals surface area contributed by atoms with Gasteiger partial charge in [0.15, 0.2) is 0 Å². The molecule has 0 amide bonds. The van der Waals surface area contributed by atoms with E-state index in [2.05, 4.69) is 0 Å². The molecule has 0 fully saturated rings. The second kappa shape index (κ2) is 5.92. The highest BCUT2D eigenvalue weighted by Crippen LogP contribution is 2.27. The van der Waals surface area contributed by atoms with E-state index in [-0.39, 0.29) is 11.4 Å². The van der Waals surface area contributed by atoms with E-state index in [4.69, 9.17) is 15.2 Å². The van der Waals surface area contributed by atoms with Crippen LogP contribution in [0.4, 0.5) is 11.4 Å². The molecule has 0 aliphatic heterocycles. The summed E-state index contributed by atoms with van der Waals surface area (Å²) in [5.41, 5.74) is 6.82. The van der Waals surface area contributed by atoms with Gasteiger partial charge in [0.05, 0.1) is 17.7 Å². The molecule has 0 aromatic heterocycles. The van der Waals surface area contributed by atoms with Crippen LogP contribution in [0.3, 0.4) is 0 Å². The van der Waals surface area contributed by atoms with Gasteiger partial charge in [-0.3, -0.25) is 10.1 Å². The van der Waals surface area contributed by atoms with E-state index >= 15 is 0 Å². The molecule has 6 nitrogen and oxygen atoms in total. The highest BCUT2D eigenvalue weighted by atomic mass is 16.6. The van der Waals surface area contributed by atoms with Crippen molar-refractivity contribution in [2.24, 2.45) is 0 Å². The Hall–Kier alpha value is -2.76. The summed E-state index contributed by atoms with van der Waals surface area (Å²) >= 11 is 0. The average molecular weight is 274 g/mol. The van der Waals surface area contributed by atoms with Gasteiger partial charge >= 0.3 is 0 Å². The molecule has 0 saturated carbocycles. The number of anilines is 1. The molecule has 0 spiro atoms. The molecule has 0 unspecified atom stereocenters. The molecule has 6 heteroatoms. The number of nitrogen functional groups attached to an aromatic ring is 1. The van der Waals surface area contributed by atoms with Crippen LogP contribution in [0.15, 0.2) is 42.5 Å². The van der Waals surface area contributed by atoms with Crippen molar-refractivity contribution in [2.45, 2.75) is 6.61 Å². The minimum absolute atomic E-state index is 0.0590. The SMILES string of the molecule is COc1cccc(COc2ccc([N+](=O)[O-])cc2N)c1. The zero-order valence-electron chi connectivity index (χ0n) is 10.9. The van der Waals surface area contributed by atoms with E-state index in [9.17, 15) is 10.1 Å². The summed E-state index contributed by atoms with van der Waals surface area (Å²) in [7, 11) is 1.59. The topological polar surface area (TPSA) is 87.6 Å². The van der Waals surface area contributed by atoms with E-state index in [1.807, 2.05) is 24.3 Å². The van der Waals surface area contributed by atoms with Crippen LogP contribution in [0, 0.1) is 10.1 Å². The molecule has 2 N–H and O–H groups in total. The van der Waals surface area contributed by atoms with Crippen LogP contribution in [-0.4, -0.2) is 12.0 Å². The Morgan fingerprint density at radius 3 is 2.70 bits per heavy atom. The van der Waals surface area contributed by atoms with Gasteiger partial charge in [0.1, 0.15) is 18.1 Å². The average Bonchev–Trinajstić information content (AvgIpc) is 2.46. The molecule has 2 rings (SSSR count). The molecule has 0 aliphatic carbocycles. The summed E-state index contributed by atoms with van der Waals surface area (Å²) in [6.45, 7) is 0.305. The van der Waals surface area contributed by atoms with Crippen LogP contribution in [0.2, 0.25) is 0 Å². The van der Waals surface area contributed by atoms with Crippen molar-refractivity contribution in [1.29, 1.82) is 0 Å². The number of rotatable bonds is 5. The quantitative estimate of drug-likeness (QED) is 0.514. The minimum atomic E-state index is -0.498. The number of nitrogens with two attached hydrogens (primary N) is 1. The van der Waals surface area contributed by atoms with Crippen molar-refractivity contribution in [3.63, 3.8) is 0 Å². The van der Waals surface area contributed by atoms with Crippen LogP contribution >= 0.6 is 0 Å². The molecule has 0 heterocycles. The molecule has 0 bridgehead atoms. The second-order valence-corrected chi connectivity index (χ2v) is 4.12. The van der Waals surface area contributed by atoms with Gasteiger partial charge in [0, 0.05) is 12.1 Å². The number of methoxy groups -OCH3 is 1. The van der Waals surface area contributed by atoms with Crippen LogP contribution < -0.4 is 15.2 Å². The molecule has 0 aliphatic rings. The molecule has 2 aromatic carbocycles. The molecular formula is C14H14N2O4. The molecule has 104 valence electrons. The number of hydrogen-bond acceptors (Lipinski definition) is 5. The van der Waals surface area contributed by atoms with Gasteiger partial charge in [-0.1, -0.05) is 12.1 Å². The lowest BCUT2D eigenvalue weighted by Crippen LogP contribution is -2.00. The summed E-state index contributed by atoms with van der Waals surface area (Å²) in [5, 5.41) is 10.6. The van der Waals surface area contributed by atoms with Crippen LogP contribution in [0.1, 0.15) is 5.56 Å². The first kappa shape index (κ1) is 13.7. The smallest absolute Gasteiger partial charge is 0.271 e. The van der Waals surface area contributed by atoms with E-state index in [0.29, 0.717) is 12.4 Å². The highest BCUT2D eigenvalue weighted by Gasteiger charge is 2.09. The number of nitro groups is 1. The molecule has 2 aromatic rings. The predicted molar refractivity (Wildman–Crippen MR) is 74.8 cm³/mol. The maximum atomic E-state index is 10.6. The van der Waals surface area contributed by atoms with Crippen LogP contribution in [0.25, 0.3) is 0 Å². The van der Waals surface area contributed by atoms with Gasteiger partial charge in [0.25, 0.3) is 5.69 Å². The van der Waals surface area contributed by atoms with Gasteiger partial charge in [-0.05, 0) is 23.8 Å². The lowest BCUT2D eigenvalue weighted by molar-refractivity contribution is -0.384. The third-order valence-corrected chi connectivity index (χ3v) is 2.73. The first-order valence-corrected chi connectivity index (χ1v) is 5.90. The fourth-order valence-corrected chi connectivity index (χ4v) is 1.70. The highest BCUT2D eigenvalue weighted by molar-refractivity contribution is 5.58. The summed E-state index contributed by atoms with van der Waals surface area (Å²) < 4.78 is 10.7. The third-order valence-electron chi connectivity index (χ3n) is 2.73. The predicted octanol–water partition coefficient (Wildman–Crippen LogP) is 2.76. The van der Waals surface area contributed by atoms with Crippen molar-refractivity contribution in [3.8, 4) is 11.5 Å². The van der Waals surface area contributed by atoms with E-state index in [1.54, 1.807) is 7.11 Å². The van der Waals surface area contributed by atoms with Crippen LogP contribution in [-0.2, 0) is 6.61 Å². The fourth-order valence-electron chi connectivity index (χ4n) is 1.70. The Balaban J connectivity index is 2.08. The number of hydrogen-bond donors (Lipinski definition) is 1. The maximum Gasteiger partial charge on any atom is 0.271 e. The summed E-state index contributed by atoms with van der Waals surface area (Å²) in [6, 6.07) is 11.6. The molecule has 0 atom stereocenters. The summed E-state index contributed by atoms with van der Waals surface area (Å²) in [4.78, 5) is 10.1. The van der Waals surface area contributed by atoms with Crippen molar-refractivity contribution in [3.05, 3.63) is 58.1 Å². The molecular weight excluding hydrogens is 260 g/mol.